The molecule has 0 aliphatic carbocycles. The van der Waals surface area contributed by atoms with E-state index in [1.54, 1.807) is 37.3 Å². The minimum absolute atomic E-state index is 0.187. The first-order chi connectivity index (χ1) is 16.6. The molecule has 0 bridgehead atoms. The maximum absolute atomic E-state index is 15.8. The Morgan fingerprint density at radius 3 is 2.74 bits per heavy atom. The lowest BCUT2D eigenvalue weighted by molar-refractivity contribution is 0.568. The second-order valence-electron chi connectivity index (χ2n) is 8.20. The maximum atomic E-state index is 15.8. The van der Waals surface area contributed by atoms with E-state index in [-0.39, 0.29) is 11.7 Å². The van der Waals surface area contributed by atoms with Gasteiger partial charge in [0.15, 0.2) is 11.6 Å². The van der Waals surface area contributed by atoms with E-state index < -0.39 is 5.82 Å². The van der Waals surface area contributed by atoms with E-state index in [4.69, 9.17) is 9.40 Å². The molecule has 0 atom stereocenters. The van der Waals surface area contributed by atoms with E-state index in [1.165, 1.54) is 0 Å². The zero-order valence-electron chi connectivity index (χ0n) is 18.3. The smallest absolute Gasteiger partial charge is 0.161 e. The van der Waals surface area contributed by atoms with E-state index in [0.29, 0.717) is 39.2 Å². The van der Waals surface area contributed by atoms with Crippen LogP contribution in [0.4, 0.5) is 10.1 Å². The molecule has 0 radical (unpaired) electrons. The molecule has 6 aromatic rings. The van der Waals surface area contributed by atoms with Crippen molar-refractivity contribution in [3.8, 4) is 34.0 Å². The molecule has 34 heavy (non-hydrogen) atoms. The standard InChI is InChI=1S/C24H19FN8O/c1-12(2)29-15-7-14(8-26-9-15)20-19(25)18-17(10-28-20)32-33-23(18)24-30-16-3-5-27-21(22(16)31-24)13-4-6-34-11-13/h3-12,29H,1-2H3,(H,30,31)(H,32,33). The lowest BCUT2D eigenvalue weighted by Crippen LogP contribution is -2.09. The highest BCUT2D eigenvalue weighted by molar-refractivity contribution is 5.97. The number of H-pyrrole nitrogens is 2. The number of nitrogens with one attached hydrogen (secondary N) is 3. The molecule has 168 valence electrons. The van der Waals surface area contributed by atoms with Gasteiger partial charge in [-0.15, -0.1) is 0 Å². The van der Waals surface area contributed by atoms with Crippen molar-refractivity contribution in [2.75, 3.05) is 5.32 Å². The van der Waals surface area contributed by atoms with Crippen molar-refractivity contribution in [1.82, 2.24) is 35.1 Å². The Labute approximate surface area is 192 Å². The predicted octanol–water partition coefficient (Wildman–Crippen LogP) is 5.18. The second-order valence-corrected chi connectivity index (χ2v) is 8.20. The normalized spacial score (nSPS) is 11.6. The van der Waals surface area contributed by atoms with Crippen LogP contribution in [0.5, 0.6) is 0 Å². The minimum atomic E-state index is -0.501. The summed E-state index contributed by atoms with van der Waals surface area (Å²) < 4.78 is 21.0. The van der Waals surface area contributed by atoms with Gasteiger partial charge in [0.25, 0.3) is 0 Å². The molecular weight excluding hydrogens is 435 g/mol. The van der Waals surface area contributed by atoms with Gasteiger partial charge < -0.3 is 14.7 Å². The van der Waals surface area contributed by atoms with Crippen LogP contribution >= 0.6 is 0 Å². The number of imidazole rings is 1. The van der Waals surface area contributed by atoms with Crippen molar-refractivity contribution in [1.29, 1.82) is 0 Å². The Hall–Kier alpha value is -4.60. The van der Waals surface area contributed by atoms with Crippen molar-refractivity contribution >= 4 is 27.6 Å². The number of hydrogen-bond donors (Lipinski definition) is 3. The molecular formula is C24H19FN8O. The highest BCUT2D eigenvalue weighted by Gasteiger charge is 2.21. The minimum Gasteiger partial charge on any atom is -0.472 e. The van der Waals surface area contributed by atoms with Crippen LogP contribution in [0.25, 0.3) is 56.0 Å². The SMILES string of the molecule is CC(C)Nc1cncc(-c2ncc3[nH]nc(-c4nc5c(-c6ccoc6)nccc5[nH]4)c3c2F)c1. The van der Waals surface area contributed by atoms with Gasteiger partial charge in [-0.2, -0.15) is 5.10 Å². The van der Waals surface area contributed by atoms with Crippen LogP contribution in [0.3, 0.4) is 0 Å². The molecule has 0 aromatic carbocycles. The average Bonchev–Trinajstić information content (AvgIpc) is 3.57. The number of anilines is 1. The van der Waals surface area contributed by atoms with E-state index in [2.05, 4.69) is 35.5 Å². The Kier molecular flexibility index (Phi) is 4.58. The van der Waals surface area contributed by atoms with E-state index in [1.807, 2.05) is 32.0 Å². The zero-order valence-corrected chi connectivity index (χ0v) is 18.3. The highest BCUT2D eigenvalue weighted by Crippen LogP contribution is 2.34. The first kappa shape index (κ1) is 20.0. The van der Waals surface area contributed by atoms with Crippen LogP contribution in [0.15, 0.2) is 59.9 Å². The van der Waals surface area contributed by atoms with Crippen LogP contribution in [0.1, 0.15) is 13.8 Å². The molecule has 10 heteroatoms. The third kappa shape index (κ3) is 3.27. The number of furan rings is 1. The quantitative estimate of drug-likeness (QED) is 0.328. The summed E-state index contributed by atoms with van der Waals surface area (Å²) in [5.74, 6) is -0.0817. The molecule has 0 aliphatic rings. The number of fused-ring (bicyclic) bond motifs is 2. The van der Waals surface area contributed by atoms with Gasteiger partial charge >= 0.3 is 0 Å². The van der Waals surface area contributed by atoms with Crippen molar-refractivity contribution < 1.29 is 8.81 Å². The van der Waals surface area contributed by atoms with Gasteiger partial charge in [0, 0.05) is 35.8 Å². The molecule has 0 unspecified atom stereocenters. The molecule has 0 aliphatic heterocycles. The number of hydrogen-bond acceptors (Lipinski definition) is 7. The summed E-state index contributed by atoms with van der Waals surface area (Å²) in [6.45, 7) is 4.05. The van der Waals surface area contributed by atoms with Crippen LogP contribution < -0.4 is 5.32 Å². The highest BCUT2D eigenvalue weighted by atomic mass is 19.1. The number of pyridine rings is 3. The predicted molar refractivity (Wildman–Crippen MR) is 126 cm³/mol. The number of halogens is 1. The van der Waals surface area contributed by atoms with Gasteiger partial charge in [0.2, 0.25) is 0 Å². The largest absolute Gasteiger partial charge is 0.472 e. The molecule has 0 spiro atoms. The molecule has 6 rings (SSSR count). The van der Waals surface area contributed by atoms with Crippen LogP contribution in [0, 0.1) is 5.82 Å². The third-order valence-electron chi connectivity index (χ3n) is 5.43. The summed E-state index contributed by atoms with van der Waals surface area (Å²) >= 11 is 0. The van der Waals surface area contributed by atoms with Crippen molar-refractivity contribution in [3.63, 3.8) is 0 Å². The lowest BCUT2D eigenvalue weighted by Gasteiger charge is -2.11. The van der Waals surface area contributed by atoms with Crippen molar-refractivity contribution in [3.05, 3.63) is 61.3 Å². The van der Waals surface area contributed by atoms with E-state index >= 15 is 4.39 Å². The van der Waals surface area contributed by atoms with Gasteiger partial charge in [-0.1, -0.05) is 0 Å². The number of rotatable bonds is 5. The third-order valence-corrected chi connectivity index (χ3v) is 5.43. The molecule has 0 saturated carbocycles. The molecule has 6 heterocycles. The lowest BCUT2D eigenvalue weighted by atomic mass is 10.1. The van der Waals surface area contributed by atoms with Gasteiger partial charge in [0.05, 0.1) is 40.8 Å². The van der Waals surface area contributed by atoms with Gasteiger partial charge in [0.1, 0.15) is 22.6 Å². The van der Waals surface area contributed by atoms with Gasteiger partial charge in [-0.05, 0) is 32.0 Å². The van der Waals surface area contributed by atoms with E-state index in [0.717, 1.165) is 16.8 Å². The summed E-state index contributed by atoms with van der Waals surface area (Å²) in [6.07, 6.45) is 9.72. The summed E-state index contributed by atoms with van der Waals surface area (Å²) in [7, 11) is 0. The maximum Gasteiger partial charge on any atom is 0.161 e. The summed E-state index contributed by atoms with van der Waals surface area (Å²) in [4.78, 5) is 20.9. The van der Waals surface area contributed by atoms with Crippen LogP contribution in [-0.4, -0.2) is 41.2 Å². The van der Waals surface area contributed by atoms with Crippen LogP contribution in [-0.2, 0) is 0 Å². The first-order valence-corrected chi connectivity index (χ1v) is 10.7. The average molecular weight is 454 g/mol. The Morgan fingerprint density at radius 1 is 1.00 bits per heavy atom. The van der Waals surface area contributed by atoms with Crippen molar-refractivity contribution in [2.45, 2.75) is 19.9 Å². The molecule has 0 fully saturated rings. The number of nitrogens with zero attached hydrogens (tertiary/aromatic N) is 5. The summed E-state index contributed by atoms with van der Waals surface area (Å²) in [5.41, 5.74) is 5.22. The van der Waals surface area contributed by atoms with Gasteiger partial charge in [-0.3, -0.25) is 20.1 Å². The molecule has 3 N–H and O–H groups in total. The Bertz CT molecular complexity index is 1630. The number of aromatic nitrogens is 7. The van der Waals surface area contributed by atoms with Crippen molar-refractivity contribution in [2.24, 2.45) is 0 Å². The molecule has 0 amide bonds. The first-order valence-electron chi connectivity index (χ1n) is 10.7. The topological polar surface area (TPSA) is 121 Å². The Morgan fingerprint density at radius 2 is 1.91 bits per heavy atom. The summed E-state index contributed by atoms with van der Waals surface area (Å²) in [5, 5.41) is 10.8. The van der Waals surface area contributed by atoms with Gasteiger partial charge in [-0.25, -0.2) is 9.37 Å². The van der Waals surface area contributed by atoms with Crippen LogP contribution in [0.2, 0.25) is 0 Å². The second kappa shape index (κ2) is 7.77. The number of aromatic amines is 2. The molecule has 6 aromatic heterocycles. The Balaban J connectivity index is 1.50. The summed E-state index contributed by atoms with van der Waals surface area (Å²) in [6, 6.07) is 5.67. The fourth-order valence-corrected chi connectivity index (χ4v) is 3.99. The monoisotopic (exact) mass is 454 g/mol. The molecule has 9 nitrogen and oxygen atoms in total. The van der Waals surface area contributed by atoms with E-state index in [9.17, 15) is 0 Å². The fraction of sp³-hybridized carbons (Fsp3) is 0.125. The zero-order chi connectivity index (χ0) is 23.2. The molecule has 0 saturated heterocycles. The fourth-order valence-electron chi connectivity index (χ4n) is 3.99.